The predicted molar refractivity (Wildman–Crippen MR) is 83.4 cm³/mol. The van der Waals surface area contributed by atoms with Crippen LogP contribution in [0, 0.1) is 11.6 Å². The van der Waals surface area contributed by atoms with E-state index in [2.05, 4.69) is 9.97 Å². The summed E-state index contributed by atoms with van der Waals surface area (Å²) in [7, 11) is 0. The average molecular weight is 376 g/mol. The molecule has 1 saturated heterocycles. The van der Waals surface area contributed by atoms with Crippen LogP contribution in [0.3, 0.4) is 0 Å². The number of H-pyrrole nitrogens is 1. The van der Waals surface area contributed by atoms with Crippen molar-refractivity contribution in [2.45, 2.75) is 37.5 Å². The number of hydrogen-bond donors (Lipinski definition) is 4. The molecule has 0 aromatic carbocycles. The first-order valence-corrected chi connectivity index (χ1v) is 7.78. The van der Waals surface area contributed by atoms with E-state index in [1.54, 1.807) is 0 Å². The minimum Gasteiger partial charge on any atom is -0.394 e. The highest BCUT2D eigenvalue weighted by molar-refractivity contribution is 7.71. The van der Waals surface area contributed by atoms with Crippen LogP contribution in [0.5, 0.6) is 0 Å². The molecule has 136 valence electrons. The highest BCUT2D eigenvalue weighted by Gasteiger charge is 2.43. The fourth-order valence-electron chi connectivity index (χ4n) is 2.91. The number of nitrogens with zero attached hydrogens (tertiary/aromatic N) is 1. The van der Waals surface area contributed by atoms with Crippen molar-refractivity contribution in [1.82, 2.24) is 9.97 Å². The number of aliphatic hydroxyl groups is 3. The topological polar surface area (TPSA) is 98.6 Å². The molecule has 1 aliphatic heterocycles. The third-order valence-corrected chi connectivity index (χ3v) is 4.50. The van der Waals surface area contributed by atoms with E-state index < -0.39 is 42.9 Å². The Kier molecular flexibility index (Phi) is 4.58. The van der Waals surface area contributed by atoms with Gasteiger partial charge in [0.25, 0.3) is 0 Å². The van der Waals surface area contributed by atoms with Crippen LogP contribution in [-0.4, -0.2) is 50.2 Å². The molecule has 0 radical (unpaired) electrons. The van der Waals surface area contributed by atoms with Crippen LogP contribution in [0.15, 0.2) is 12.1 Å². The number of halogens is 3. The maximum absolute atomic E-state index is 13.0. The van der Waals surface area contributed by atoms with Crippen LogP contribution in [0.4, 0.5) is 13.2 Å². The number of alkyl halides is 3. The van der Waals surface area contributed by atoms with Gasteiger partial charge in [-0.2, -0.15) is 13.2 Å². The molecular weight excluding hydrogens is 361 g/mol. The van der Waals surface area contributed by atoms with E-state index in [0.29, 0.717) is 10.9 Å². The smallest absolute Gasteiger partial charge is 0.394 e. The number of aromatic amines is 1. The fraction of sp³-hybridized carbons (Fsp3) is 0.467. The summed E-state index contributed by atoms with van der Waals surface area (Å²) < 4.78 is 44.4. The number of aliphatic hydroxyl groups excluding tert-OH is 3. The van der Waals surface area contributed by atoms with Crippen molar-refractivity contribution in [1.29, 1.82) is 0 Å². The number of pyridine rings is 2. The fourth-order valence-corrected chi connectivity index (χ4v) is 3.18. The van der Waals surface area contributed by atoms with Gasteiger partial charge in [0, 0.05) is 10.9 Å². The molecule has 6 nitrogen and oxygen atoms in total. The zero-order valence-corrected chi connectivity index (χ0v) is 13.7. The average Bonchev–Trinajstić information content (AvgIpc) is 2.81. The summed E-state index contributed by atoms with van der Waals surface area (Å²) in [5.41, 5.74) is -0.812. The van der Waals surface area contributed by atoms with Gasteiger partial charge in [0.2, 0.25) is 0 Å². The molecule has 1 aliphatic rings. The van der Waals surface area contributed by atoms with E-state index in [9.17, 15) is 23.4 Å². The normalized spacial score (nSPS) is 27.2. The Bertz CT molecular complexity index is 870. The van der Waals surface area contributed by atoms with Crippen molar-refractivity contribution in [2.75, 3.05) is 6.61 Å². The summed E-state index contributed by atoms with van der Waals surface area (Å²) in [6.45, 7) is 0.803. The first kappa shape index (κ1) is 18.2. The van der Waals surface area contributed by atoms with Crippen LogP contribution >= 0.6 is 12.2 Å². The second kappa shape index (κ2) is 6.29. The van der Waals surface area contributed by atoms with Gasteiger partial charge >= 0.3 is 6.18 Å². The molecule has 2 aromatic heterocycles. The number of aromatic nitrogens is 2. The molecule has 3 heterocycles. The summed E-state index contributed by atoms with van der Waals surface area (Å²) >= 11 is 5.14. The quantitative estimate of drug-likeness (QED) is 0.597. The Morgan fingerprint density at radius 1 is 1.28 bits per heavy atom. The Morgan fingerprint density at radius 3 is 2.52 bits per heavy atom. The summed E-state index contributed by atoms with van der Waals surface area (Å²) in [5, 5.41) is 29.5. The van der Waals surface area contributed by atoms with Gasteiger partial charge in [-0.1, -0.05) is 12.2 Å². The molecule has 0 spiro atoms. The lowest BCUT2D eigenvalue weighted by molar-refractivity contribution is -0.141. The highest BCUT2D eigenvalue weighted by Crippen LogP contribution is 2.36. The second-order valence-electron chi connectivity index (χ2n) is 5.90. The van der Waals surface area contributed by atoms with Gasteiger partial charge in [0.1, 0.15) is 40.4 Å². The lowest BCUT2D eigenvalue weighted by Gasteiger charge is -2.16. The zero-order valence-electron chi connectivity index (χ0n) is 12.9. The SMILES string of the molecule is Cc1cc2cc([C@@H]3O[C@H](CO)C(O)[C@@H]3O)c(=S)[nH]c2nc1C(F)(F)F. The van der Waals surface area contributed by atoms with Crippen molar-refractivity contribution in [3.63, 3.8) is 0 Å². The van der Waals surface area contributed by atoms with E-state index in [0.717, 1.165) is 0 Å². The standard InChI is InChI=1S/C15H15F3N2O4S/c1-5-2-6-3-7(11-10(23)9(22)8(4-21)24-11)14(25)20-13(6)19-12(5)15(16,17)18/h2-3,8-11,21-23H,4H2,1H3,(H,19,20,25)/t8-,9?,10+,11+/m1/s1. The van der Waals surface area contributed by atoms with Crippen molar-refractivity contribution >= 4 is 23.3 Å². The molecule has 1 fully saturated rings. The number of ether oxygens (including phenoxy) is 1. The van der Waals surface area contributed by atoms with Crippen LogP contribution in [0.25, 0.3) is 11.0 Å². The summed E-state index contributed by atoms with van der Waals surface area (Å²) in [6.07, 6.45) is -9.20. The minimum absolute atomic E-state index is 0.0341. The van der Waals surface area contributed by atoms with Gasteiger partial charge in [0.15, 0.2) is 0 Å². The molecule has 10 heteroatoms. The van der Waals surface area contributed by atoms with Crippen molar-refractivity contribution < 1.29 is 33.2 Å². The lowest BCUT2D eigenvalue weighted by atomic mass is 10.0. The van der Waals surface area contributed by atoms with E-state index >= 15 is 0 Å². The third-order valence-electron chi connectivity index (χ3n) is 4.17. The summed E-state index contributed by atoms with van der Waals surface area (Å²) in [5.74, 6) is 0. The van der Waals surface area contributed by atoms with Crippen molar-refractivity contribution in [2.24, 2.45) is 0 Å². The van der Waals surface area contributed by atoms with Crippen LogP contribution < -0.4 is 0 Å². The van der Waals surface area contributed by atoms with Crippen LogP contribution in [0.2, 0.25) is 0 Å². The van der Waals surface area contributed by atoms with Gasteiger partial charge in [-0.15, -0.1) is 0 Å². The minimum atomic E-state index is -4.59. The molecule has 0 saturated carbocycles. The van der Waals surface area contributed by atoms with E-state index in [1.165, 1.54) is 19.1 Å². The second-order valence-corrected chi connectivity index (χ2v) is 6.31. The Balaban J connectivity index is 2.10. The van der Waals surface area contributed by atoms with Crippen LogP contribution in [0.1, 0.15) is 22.9 Å². The molecule has 0 aliphatic carbocycles. The molecule has 2 aromatic rings. The number of fused-ring (bicyclic) bond motifs is 1. The number of aryl methyl sites for hydroxylation is 1. The number of nitrogens with one attached hydrogen (secondary N) is 1. The van der Waals surface area contributed by atoms with Gasteiger partial charge in [0.05, 0.1) is 6.61 Å². The number of hydrogen-bond acceptors (Lipinski definition) is 6. The van der Waals surface area contributed by atoms with Gasteiger partial charge in [-0.25, -0.2) is 4.98 Å². The first-order valence-electron chi connectivity index (χ1n) is 7.37. The molecule has 1 unspecified atom stereocenters. The zero-order chi connectivity index (χ0) is 18.5. The van der Waals surface area contributed by atoms with Gasteiger partial charge in [-0.3, -0.25) is 0 Å². The molecule has 0 amide bonds. The Morgan fingerprint density at radius 2 is 1.96 bits per heavy atom. The molecule has 3 rings (SSSR count). The largest absolute Gasteiger partial charge is 0.433 e. The Hall–Kier alpha value is -1.59. The van der Waals surface area contributed by atoms with Gasteiger partial charge < -0.3 is 25.0 Å². The monoisotopic (exact) mass is 376 g/mol. The lowest BCUT2D eigenvalue weighted by Crippen LogP contribution is -2.32. The van der Waals surface area contributed by atoms with E-state index in [-0.39, 0.29) is 15.9 Å². The predicted octanol–water partition coefficient (Wildman–Crippen LogP) is 1.77. The molecule has 0 bridgehead atoms. The van der Waals surface area contributed by atoms with Crippen molar-refractivity contribution in [3.8, 4) is 0 Å². The Labute approximate surface area is 144 Å². The molecule has 25 heavy (non-hydrogen) atoms. The van der Waals surface area contributed by atoms with Gasteiger partial charge in [-0.05, 0) is 24.6 Å². The number of rotatable bonds is 2. The molecular formula is C15H15F3N2O4S. The maximum Gasteiger partial charge on any atom is 0.433 e. The molecule has 4 atom stereocenters. The first-order chi connectivity index (χ1) is 11.6. The third kappa shape index (κ3) is 3.15. The summed E-state index contributed by atoms with van der Waals surface area (Å²) in [6, 6.07) is 2.77. The molecule has 4 N–H and O–H groups in total. The van der Waals surface area contributed by atoms with Crippen LogP contribution in [-0.2, 0) is 10.9 Å². The van der Waals surface area contributed by atoms with E-state index in [4.69, 9.17) is 22.1 Å². The highest BCUT2D eigenvalue weighted by atomic mass is 32.1. The van der Waals surface area contributed by atoms with Crippen molar-refractivity contribution in [3.05, 3.63) is 33.6 Å². The van der Waals surface area contributed by atoms with E-state index in [1.807, 2.05) is 0 Å². The summed E-state index contributed by atoms with van der Waals surface area (Å²) in [4.78, 5) is 6.21. The maximum atomic E-state index is 13.0.